The van der Waals surface area contributed by atoms with E-state index in [1.54, 1.807) is 18.2 Å². The van der Waals surface area contributed by atoms with E-state index in [-0.39, 0.29) is 17.6 Å². The lowest BCUT2D eigenvalue weighted by molar-refractivity contribution is 0.0972. The molecule has 0 aliphatic carbocycles. The molecular formula is C15H12ClNO2. The van der Waals surface area contributed by atoms with E-state index in [4.69, 9.17) is 11.6 Å². The first-order valence-electron chi connectivity index (χ1n) is 6.02. The minimum Gasteiger partial charge on any atom is -0.506 e. The van der Waals surface area contributed by atoms with Gasteiger partial charge in [0.15, 0.2) is 5.78 Å². The number of Topliss-reactive ketones (excluding diaryl/α,β-unsaturated/α-hetero) is 1. The summed E-state index contributed by atoms with van der Waals surface area (Å²) in [5.74, 6) is 0.163. The number of halogens is 1. The second-order valence-corrected chi connectivity index (χ2v) is 4.99. The van der Waals surface area contributed by atoms with Gasteiger partial charge in [0.1, 0.15) is 5.75 Å². The van der Waals surface area contributed by atoms with Crippen molar-refractivity contribution in [3.8, 4) is 5.75 Å². The molecule has 96 valence electrons. The van der Waals surface area contributed by atoms with Crippen LogP contribution in [-0.2, 0) is 0 Å². The second-order valence-electron chi connectivity index (χ2n) is 4.58. The highest BCUT2D eigenvalue weighted by molar-refractivity contribution is 6.32. The topological polar surface area (TPSA) is 49.3 Å². The van der Waals surface area contributed by atoms with E-state index in [2.05, 4.69) is 5.32 Å². The van der Waals surface area contributed by atoms with Gasteiger partial charge in [-0.3, -0.25) is 4.79 Å². The van der Waals surface area contributed by atoms with Crippen LogP contribution in [0.15, 0.2) is 42.5 Å². The van der Waals surface area contributed by atoms with Crippen molar-refractivity contribution in [3.63, 3.8) is 0 Å². The summed E-state index contributed by atoms with van der Waals surface area (Å²) in [6, 6.07) is 12.4. The van der Waals surface area contributed by atoms with Gasteiger partial charge in [0.2, 0.25) is 0 Å². The van der Waals surface area contributed by atoms with Gasteiger partial charge in [-0.2, -0.15) is 0 Å². The maximum absolute atomic E-state index is 12.1. The molecule has 2 aromatic rings. The van der Waals surface area contributed by atoms with Gasteiger partial charge in [0.25, 0.3) is 0 Å². The molecule has 0 amide bonds. The number of phenolic OH excluding ortho intramolecular Hbond substituents is 1. The zero-order valence-corrected chi connectivity index (χ0v) is 10.8. The van der Waals surface area contributed by atoms with Crippen LogP contribution in [0.4, 0.5) is 5.69 Å². The quantitative estimate of drug-likeness (QED) is 0.831. The first-order valence-corrected chi connectivity index (χ1v) is 6.40. The van der Waals surface area contributed by atoms with Gasteiger partial charge < -0.3 is 10.4 Å². The van der Waals surface area contributed by atoms with Crippen molar-refractivity contribution < 1.29 is 9.90 Å². The zero-order valence-electron chi connectivity index (χ0n) is 10.1. The van der Waals surface area contributed by atoms with Crippen molar-refractivity contribution in [1.29, 1.82) is 0 Å². The Bertz CT molecular complexity index is 654. The van der Waals surface area contributed by atoms with Gasteiger partial charge in [-0.1, -0.05) is 29.8 Å². The number of benzene rings is 2. The monoisotopic (exact) mass is 273 g/mol. The largest absolute Gasteiger partial charge is 0.506 e. The van der Waals surface area contributed by atoms with Gasteiger partial charge >= 0.3 is 0 Å². The maximum Gasteiger partial charge on any atom is 0.167 e. The molecule has 0 bridgehead atoms. The number of carbonyl (C=O) groups is 1. The smallest absolute Gasteiger partial charge is 0.167 e. The van der Waals surface area contributed by atoms with Crippen LogP contribution in [0.3, 0.4) is 0 Å². The molecule has 0 spiro atoms. The molecule has 1 heterocycles. The SMILES string of the molecule is O=C1CC(c2ccc(O)c(Cl)c2)Nc2ccccc21. The van der Waals surface area contributed by atoms with E-state index in [0.29, 0.717) is 11.4 Å². The highest BCUT2D eigenvalue weighted by atomic mass is 35.5. The van der Waals surface area contributed by atoms with Crippen LogP contribution in [0.1, 0.15) is 28.4 Å². The Morgan fingerprint density at radius 2 is 2.00 bits per heavy atom. The van der Waals surface area contributed by atoms with Crippen LogP contribution in [0.5, 0.6) is 5.75 Å². The minimum absolute atomic E-state index is 0.0490. The van der Waals surface area contributed by atoms with Crippen molar-refractivity contribution >= 4 is 23.1 Å². The first-order chi connectivity index (χ1) is 9.15. The Morgan fingerprint density at radius 3 is 2.79 bits per heavy atom. The van der Waals surface area contributed by atoms with Crippen LogP contribution < -0.4 is 5.32 Å². The van der Waals surface area contributed by atoms with Gasteiger partial charge in [0.05, 0.1) is 11.1 Å². The maximum atomic E-state index is 12.1. The molecule has 0 aromatic heterocycles. The number of fused-ring (bicyclic) bond motifs is 1. The Hall–Kier alpha value is -2.00. The average Bonchev–Trinajstić information content (AvgIpc) is 2.42. The number of hydrogen-bond acceptors (Lipinski definition) is 3. The number of hydrogen-bond donors (Lipinski definition) is 2. The number of phenols is 1. The summed E-state index contributed by atoms with van der Waals surface area (Å²) < 4.78 is 0. The van der Waals surface area contributed by atoms with Gasteiger partial charge in [0, 0.05) is 17.7 Å². The number of ketones is 1. The van der Waals surface area contributed by atoms with Gasteiger partial charge in [-0.15, -0.1) is 0 Å². The highest BCUT2D eigenvalue weighted by Gasteiger charge is 2.25. The zero-order chi connectivity index (χ0) is 13.4. The summed E-state index contributed by atoms with van der Waals surface area (Å²) in [4.78, 5) is 12.1. The summed E-state index contributed by atoms with van der Waals surface area (Å²) in [5, 5.41) is 13.1. The third-order valence-corrected chi connectivity index (χ3v) is 3.62. The fraction of sp³-hybridized carbons (Fsp3) is 0.133. The summed E-state index contributed by atoms with van der Waals surface area (Å²) in [6.07, 6.45) is 0.387. The van der Waals surface area contributed by atoms with Crippen LogP contribution in [-0.4, -0.2) is 10.9 Å². The van der Waals surface area contributed by atoms with Gasteiger partial charge in [-0.05, 0) is 29.8 Å². The predicted molar refractivity (Wildman–Crippen MR) is 74.9 cm³/mol. The Morgan fingerprint density at radius 1 is 1.21 bits per heavy atom. The summed E-state index contributed by atoms with van der Waals surface area (Å²) in [6.45, 7) is 0. The Kier molecular flexibility index (Phi) is 2.91. The molecule has 1 atom stereocenters. The van der Waals surface area contributed by atoms with E-state index in [0.717, 1.165) is 16.8 Å². The molecule has 2 aromatic carbocycles. The predicted octanol–water partition coefficient (Wildman–Crippen LogP) is 3.79. The summed E-state index contributed by atoms with van der Waals surface area (Å²) in [7, 11) is 0. The van der Waals surface area contributed by atoms with E-state index in [1.165, 1.54) is 0 Å². The molecule has 0 radical (unpaired) electrons. The molecular weight excluding hydrogens is 262 g/mol. The number of para-hydroxylation sites is 1. The summed E-state index contributed by atoms with van der Waals surface area (Å²) >= 11 is 5.91. The number of nitrogens with one attached hydrogen (secondary N) is 1. The highest BCUT2D eigenvalue weighted by Crippen LogP contribution is 2.34. The first kappa shape index (κ1) is 12.1. The molecule has 2 N–H and O–H groups in total. The molecule has 1 aliphatic heterocycles. The molecule has 3 rings (SSSR count). The molecule has 0 fully saturated rings. The Balaban J connectivity index is 1.96. The lowest BCUT2D eigenvalue weighted by Gasteiger charge is -2.26. The van der Waals surface area contributed by atoms with E-state index < -0.39 is 0 Å². The molecule has 1 unspecified atom stereocenters. The standard InChI is InChI=1S/C15H12ClNO2/c16-11-7-9(5-6-14(11)18)13-8-15(19)10-3-1-2-4-12(10)17-13/h1-7,13,17-18H,8H2. The van der Waals surface area contributed by atoms with E-state index in [1.807, 2.05) is 24.3 Å². The lowest BCUT2D eigenvalue weighted by Crippen LogP contribution is -2.22. The molecule has 3 nitrogen and oxygen atoms in total. The fourth-order valence-corrected chi connectivity index (χ4v) is 2.52. The molecule has 0 saturated heterocycles. The van der Waals surface area contributed by atoms with E-state index in [9.17, 15) is 9.90 Å². The number of aromatic hydroxyl groups is 1. The van der Waals surface area contributed by atoms with Crippen LogP contribution in [0.25, 0.3) is 0 Å². The Labute approximate surface area is 115 Å². The van der Waals surface area contributed by atoms with Crippen LogP contribution >= 0.6 is 11.6 Å². The molecule has 1 aliphatic rings. The molecule has 4 heteroatoms. The second kappa shape index (κ2) is 4.59. The third-order valence-electron chi connectivity index (χ3n) is 3.32. The van der Waals surface area contributed by atoms with Crippen molar-refractivity contribution in [2.45, 2.75) is 12.5 Å². The molecule has 0 saturated carbocycles. The molecule has 19 heavy (non-hydrogen) atoms. The fourth-order valence-electron chi connectivity index (χ4n) is 2.33. The number of rotatable bonds is 1. The van der Waals surface area contributed by atoms with E-state index >= 15 is 0 Å². The number of carbonyl (C=O) groups excluding carboxylic acids is 1. The van der Waals surface area contributed by atoms with Crippen molar-refractivity contribution in [2.75, 3.05) is 5.32 Å². The van der Waals surface area contributed by atoms with Gasteiger partial charge in [-0.25, -0.2) is 0 Å². The van der Waals surface area contributed by atoms with Crippen LogP contribution in [0, 0.1) is 0 Å². The number of anilines is 1. The average molecular weight is 274 g/mol. The van der Waals surface area contributed by atoms with Crippen molar-refractivity contribution in [1.82, 2.24) is 0 Å². The summed E-state index contributed by atoms with van der Waals surface area (Å²) in [5.41, 5.74) is 2.46. The normalized spacial score (nSPS) is 17.7. The lowest BCUT2D eigenvalue weighted by atomic mass is 9.92. The minimum atomic E-state index is -0.111. The third kappa shape index (κ3) is 2.17. The van der Waals surface area contributed by atoms with Crippen molar-refractivity contribution in [3.05, 3.63) is 58.6 Å². The van der Waals surface area contributed by atoms with Crippen molar-refractivity contribution in [2.24, 2.45) is 0 Å². The van der Waals surface area contributed by atoms with Crippen LogP contribution in [0.2, 0.25) is 5.02 Å².